The van der Waals surface area contributed by atoms with Crippen LogP contribution in [0, 0.1) is 5.41 Å². The molecule has 1 aliphatic rings. The van der Waals surface area contributed by atoms with Gasteiger partial charge in [0.1, 0.15) is 18.9 Å². The van der Waals surface area contributed by atoms with Crippen molar-refractivity contribution in [2.24, 2.45) is 5.41 Å². The van der Waals surface area contributed by atoms with Gasteiger partial charge in [0.05, 0.1) is 0 Å². The number of methoxy groups -OCH3 is 1. The molecule has 1 saturated heterocycles. The maximum absolute atomic E-state index is 13.4. The summed E-state index contributed by atoms with van der Waals surface area (Å²) in [5.74, 6) is 0. The van der Waals surface area contributed by atoms with Crippen molar-refractivity contribution in [1.29, 1.82) is 0 Å². The second-order valence-corrected chi connectivity index (χ2v) is 9.18. The minimum Gasteiger partial charge on any atom is -0.616 e. The van der Waals surface area contributed by atoms with Crippen LogP contribution in [0.25, 0.3) is 0 Å². The average Bonchev–Trinajstić information content (AvgIpc) is 2.51. The number of hydrogen-bond donors (Lipinski definition) is 0. The number of hydrogen-bond acceptors (Lipinski definition) is 5. The smallest absolute Gasteiger partial charge is 0.318 e. The molecule has 0 amide bonds. The van der Waals surface area contributed by atoms with Crippen LogP contribution < -0.4 is 4.89 Å². The van der Waals surface area contributed by atoms with Gasteiger partial charge >= 0.3 is 8.09 Å². The van der Waals surface area contributed by atoms with Crippen LogP contribution >= 0.6 is 31.3 Å². The topological polar surface area (TPSA) is 54.0 Å². The molecule has 8 heteroatoms. The van der Waals surface area contributed by atoms with Gasteiger partial charge in [0, 0.05) is 34.7 Å². The van der Waals surface area contributed by atoms with E-state index < -0.39 is 25.8 Å². The average molecular weight is 396 g/mol. The fourth-order valence-corrected chi connectivity index (χ4v) is 5.64. The van der Waals surface area contributed by atoms with Crippen molar-refractivity contribution >= 4 is 31.3 Å². The second-order valence-electron chi connectivity index (χ2n) is 6.44. The molecule has 2 unspecified atom stereocenters. The van der Waals surface area contributed by atoms with Gasteiger partial charge in [-0.2, -0.15) is 9.05 Å². The zero-order chi connectivity index (χ0) is 18.1. The first-order valence-electron chi connectivity index (χ1n) is 7.83. The van der Waals surface area contributed by atoms with Crippen LogP contribution in [0.2, 0.25) is 10.0 Å². The van der Waals surface area contributed by atoms with Gasteiger partial charge in [-0.1, -0.05) is 43.1 Å². The van der Waals surface area contributed by atoms with Gasteiger partial charge in [0.15, 0.2) is 0 Å². The Balaban J connectivity index is 2.43. The van der Waals surface area contributed by atoms with E-state index in [0.29, 0.717) is 22.2 Å². The van der Waals surface area contributed by atoms with Crippen molar-refractivity contribution < 1.29 is 18.7 Å². The molecule has 136 valence electrons. The zero-order valence-electron chi connectivity index (χ0n) is 14.6. The Morgan fingerprint density at radius 1 is 1.42 bits per heavy atom. The van der Waals surface area contributed by atoms with E-state index in [1.165, 1.54) is 0 Å². The minimum atomic E-state index is -3.55. The second kappa shape index (κ2) is 7.73. The third-order valence-corrected chi connectivity index (χ3v) is 7.04. The molecule has 0 aromatic heterocycles. The maximum Gasteiger partial charge on any atom is 0.318 e. The van der Waals surface area contributed by atoms with E-state index in [0.717, 1.165) is 0 Å². The van der Waals surface area contributed by atoms with Crippen molar-refractivity contribution in [2.75, 3.05) is 20.3 Å². The third-order valence-electron chi connectivity index (χ3n) is 4.21. The maximum atomic E-state index is 13.4. The molecule has 3 atom stereocenters. The molecule has 1 aromatic rings. The fraction of sp³-hybridized carbons (Fsp3) is 0.625. The summed E-state index contributed by atoms with van der Waals surface area (Å²) in [6.45, 7) is 8.32. The summed E-state index contributed by atoms with van der Waals surface area (Å²) in [7, 11) is -2.00. The molecule has 1 aromatic carbocycles. The molecule has 1 heterocycles. The highest BCUT2D eigenvalue weighted by Crippen LogP contribution is 2.67. The van der Waals surface area contributed by atoms with Crippen molar-refractivity contribution in [3.05, 3.63) is 33.8 Å². The molecule has 0 saturated carbocycles. The van der Waals surface area contributed by atoms with Crippen LogP contribution in [-0.4, -0.2) is 31.2 Å². The predicted octanol–water partition coefficient (Wildman–Crippen LogP) is 4.46. The molecule has 0 bridgehead atoms. The highest BCUT2D eigenvalue weighted by molar-refractivity contribution is 7.56. The lowest BCUT2D eigenvalue weighted by Crippen LogP contribution is -2.47. The van der Waals surface area contributed by atoms with E-state index in [2.05, 4.69) is 0 Å². The summed E-state index contributed by atoms with van der Waals surface area (Å²) in [6.07, 6.45) is -0.971. The minimum absolute atomic E-state index is 0.253. The Kier molecular flexibility index (Phi) is 6.55. The Hall–Kier alpha value is 0.0300. The largest absolute Gasteiger partial charge is 0.616 e. The SMILES string of the molecule is CCN(C(C)OC)[P+]1([O-])OCC(C)(C)[C@H](c2c(Cl)cccc2Cl)O1. The molecular weight excluding hydrogens is 372 g/mol. The molecular formula is C16H24Cl2NO4P. The standard InChI is InChI=1S/C16H24Cl2NO4P/c1-6-19(11(2)21-5)24(20)22-10-16(3,4)15(23-24)14-12(17)8-7-9-13(14)18/h7-9,11,15H,6,10H2,1-5H3/t11?,15-,24?/m0/s1. The van der Waals surface area contributed by atoms with Crippen LogP contribution in [0.5, 0.6) is 0 Å². The third kappa shape index (κ3) is 3.89. The van der Waals surface area contributed by atoms with Crippen LogP contribution in [0.1, 0.15) is 39.4 Å². The van der Waals surface area contributed by atoms with E-state index in [-0.39, 0.29) is 6.61 Å². The number of halogens is 2. The Morgan fingerprint density at radius 2 is 2.00 bits per heavy atom. The van der Waals surface area contributed by atoms with Crippen LogP contribution in [0.3, 0.4) is 0 Å². The molecule has 0 N–H and O–H groups in total. The van der Waals surface area contributed by atoms with Gasteiger partial charge in [0.2, 0.25) is 0 Å². The van der Waals surface area contributed by atoms with E-state index in [4.69, 9.17) is 37.0 Å². The van der Waals surface area contributed by atoms with Gasteiger partial charge in [-0.05, 0) is 26.0 Å². The Bertz CT molecular complexity index is 569. The van der Waals surface area contributed by atoms with E-state index in [1.807, 2.05) is 20.8 Å². The van der Waals surface area contributed by atoms with Crippen molar-refractivity contribution in [2.45, 2.75) is 40.0 Å². The van der Waals surface area contributed by atoms with Crippen LogP contribution in [0.4, 0.5) is 0 Å². The van der Waals surface area contributed by atoms with E-state index >= 15 is 0 Å². The first kappa shape index (κ1) is 20.3. The normalized spacial score (nSPS) is 28.1. The summed E-state index contributed by atoms with van der Waals surface area (Å²) in [4.78, 5) is 13.4. The molecule has 24 heavy (non-hydrogen) atoms. The molecule has 0 radical (unpaired) electrons. The van der Waals surface area contributed by atoms with Gasteiger partial charge < -0.3 is 9.63 Å². The quantitative estimate of drug-likeness (QED) is 0.544. The number of ether oxygens (including phenoxy) is 1. The first-order chi connectivity index (χ1) is 11.2. The van der Waals surface area contributed by atoms with Crippen molar-refractivity contribution in [1.82, 2.24) is 4.67 Å². The van der Waals surface area contributed by atoms with Crippen LogP contribution in [0.15, 0.2) is 18.2 Å². The van der Waals surface area contributed by atoms with Crippen LogP contribution in [-0.2, 0) is 13.8 Å². The summed E-state index contributed by atoms with van der Waals surface area (Å²) < 4.78 is 18.6. The monoisotopic (exact) mass is 395 g/mol. The number of rotatable bonds is 5. The van der Waals surface area contributed by atoms with Crippen molar-refractivity contribution in [3.8, 4) is 0 Å². The lowest BCUT2D eigenvalue weighted by molar-refractivity contribution is -0.266. The highest BCUT2D eigenvalue weighted by Gasteiger charge is 2.54. The van der Waals surface area contributed by atoms with E-state index in [1.54, 1.807) is 36.9 Å². The number of nitrogens with zero attached hydrogens (tertiary/aromatic N) is 1. The molecule has 0 aliphatic carbocycles. The summed E-state index contributed by atoms with van der Waals surface area (Å²) in [5, 5.41) is 0.966. The van der Waals surface area contributed by atoms with Gasteiger partial charge in [-0.3, -0.25) is 0 Å². The number of benzene rings is 1. The lowest BCUT2D eigenvalue weighted by Gasteiger charge is -2.47. The lowest BCUT2D eigenvalue weighted by atomic mass is 9.83. The molecule has 1 aliphatic heterocycles. The summed E-state index contributed by atoms with van der Waals surface area (Å²) in [6, 6.07) is 5.27. The predicted molar refractivity (Wildman–Crippen MR) is 95.8 cm³/mol. The van der Waals surface area contributed by atoms with Gasteiger partial charge in [-0.15, -0.1) is 4.67 Å². The van der Waals surface area contributed by atoms with E-state index in [9.17, 15) is 4.89 Å². The Morgan fingerprint density at radius 3 is 2.50 bits per heavy atom. The van der Waals surface area contributed by atoms with Crippen molar-refractivity contribution in [3.63, 3.8) is 0 Å². The summed E-state index contributed by atoms with van der Waals surface area (Å²) in [5.41, 5.74) is 0.189. The first-order valence-corrected chi connectivity index (χ1v) is 10.1. The fourth-order valence-electron chi connectivity index (χ4n) is 2.72. The Labute approximate surface area is 154 Å². The molecule has 2 rings (SSSR count). The van der Waals surface area contributed by atoms with Gasteiger partial charge in [0.25, 0.3) is 0 Å². The van der Waals surface area contributed by atoms with Gasteiger partial charge in [-0.25, -0.2) is 0 Å². The highest BCUT2D eigenvalue weighted by atomic mass is 35.5. The molecule has 1 fully saturated rings. The molecule has 5 nitrogen and oxygen atoms in total. The zero-order valence-corrected chi connectivity index (χ0v) is 17.0. The summed E-state index contributed by atoms with van der Waals surface area (Å²) >= 11 is 12.7. The molecule has 0 spiro atoms.